The number of Topliss-reactive ketones (excluding diaryl/α,β-unsaturated/α-hetero) is 1. The number of rotatable bonds is 6. The van der Waals surface area contributed by atoms with Crippen molar-refractivity contribution >= 4 is 32.7 Å². The van der Waals surface area contributed by atoms with Gasteiger partial charge in [-0.05, 0) is 30.7 Å². The van der Waals surface area contributed by atoms with Gasteiger partial charge in [0.15, 0.2) is 5.78 Å². The minimum atomic E-state index is 0.0347. The lowest BCUT2D eigenvalue weighted by Gasteiger charge is -2.05. The number of imidazole rings is 1. The summed E-state index contributed by atoms with van der Waals surface area (Å²) < 4.78 is 4.88. The van der Waals surface area contributed by atoms with Gasteiger partial charge in [0.2, 0.25) is 5.62 Å². The third-order valence-electron chi connectivity index (χ3n) is 4.11. The summed E-state index contributed by atoms with van der Waals surface area (Å²) in [7, 11) is 1.95. The number of fused-ring (bicyclic) bond motifs is 1. The fourth-order valence-electron chi connectivity index (χ4n) is 2.84. The maximum atomic E-state index is 12.7. The van der Waals surface area contributed by atoms with Crippen LogP contribution in [0, 0.1) is 0 Å². The SMILES string of the molecule is Cn1/c(=N/CCCO)n(CC(=O)c2ccc(Br)cc2)c2ccccc21. The number of aliphatic hydroxyl groups excluding tert-OH is 1. The summed E-state index contributed by atoms with van der Waals surface area (Å²) in [5, 5.41) is 9.01. The van der Waals surface area contributed by atoms with Crippen molar-refractivity contribution in [1.82, 2.24) is 9.13 Å². The van der Waals surface area contributed by atoms with E-state index in [-0.39, 0.29) is 18.9 Å². The van der Waals surface area contributed by atoms with E-state index in [1.807, 2.05) is 64.7 Å². The van der Waals surface area contributed by atoms with E-state index < -0.39 is 0 Å². The predicted molar refractivity (Wildman–Crippen MR) is 102 cm³/mol. The summed E-state index contributed by atoms with van der Waals surface area (Å²) in [6.07, 6.45) is 0.599. The zero-order valence-electron chi connectivity index (χ0n) is 14.0. The topological polar surface area (TPSA) is 59.5 Å². The van der Waals surface area contributed by atoms with Crippen molar-refractivity contribution in [3.8, 4) is 0 Å². The van der Waals surface area contributed by atoms with Gasteiger partial charge < -0.3 is 14.2 Å². The lowest BCUT2D eigenvalue weighted by atomic mass is 10.1. The number of carbonyl (C=O) groups is 1. The second-order valence-corrected chi connectivity index (χ2v) is 6.74. The number of para-hydroxylation sites is 2. The van der Waals surface area contributed by atoms with E-state index in [9.17, 15) is 4.79 Å². The van der Waals surface area contributed by atoms with E-state index in [2.05, 4.69) is 20.9 Å². The number of hydrogen-bond donors (Lipinski definition) is 1. The summed E-state index contributed by atoms with van der Waals surface area (Å²) in [4.78, 5) is 17.3. The van der Waals surface area contributed by atoms with E-state index in [0.717, 1.165) is 21.1 Å². The molecule has 0 radical (unpaired) electrons. The highest BCUT2D eigenvalue weighted by molar-refractivity contribution is 9.10. The molecule has 25 heavy (non-hydrogen) atoms. The Morgan fingerprint density at radius 2 is 1.80 bits per heavy atom. The van der Waals surface area contributed by atoms with Gasteiger partial charge in [0.05, 0.1) is 17.6 Å². The van der Waals surface area contributed by atoms with Crippen LogP contribution in [0.4, 0.5) is 0 Å². The van der Waals surface area contributed by atoms with E-state index in [1.165, 1.54) is 0 Å². The second-order valence-electron chi connectivity index (χ2n) is 5.82. The molecule has 130 valence electrons. The maximum Gasteiger partial charge on any atom is 0.206 e. The van der Waals surface area contributed by atoms with Gasteiger partial charge in [-0.1, -0.05) is 40.2 Å². The lowest BCUT2D eigenvalue weighted by molar-refractivity contribution is 0.0971. The summed E-state index contributed by atoms with van der Waals surface area (Å²) in [5.41, 5.74) is 3.40. The molecule has 0 atom stereocenters. The first-order chi connectivity index (χ1) is 12.1. The molecule has 0 amide bonds. The summed E-state index contributed by atoms with van der Waals surface area (Å²) in [6.45, 7) is 0.847. The molecule has 1 N–H and O–H groups in total. The van der Waals surface area contributed by atoms with Gasteiger partial charge in [0.1, 0.15) is 0 Å². The van der Waals surface area contributed by atoms with Crippen molar-refractivity contribution in [2.24, 2.45) is 12.0 Å². The molecule has 1 heterocycles. The van der Waals surface area contributed by atoms with E-state index in [0.29, 0.717) is 18.5 Å². The number of aromatic nitrogens is 2. The van der Waals surface area contributed by atoms with Crippen LogP contribution in [0.1, 0.15) is 16.8 Å². The molecule has 0 saturated heterocycles. The lowest BCUT2D eigenvalue weighted by Crippen LogP contribution is -2.28. The summed E-state index contributed by atoms with van der Waals surface area (Å²) in [5.74, 6) is 0.0347. The molecule has 6 heteroatoms. The van der Waals surface area contributed by atoms with Crippen molar-refractivity contribution in [2.75, 3.05) is 13.2 Å². The summed E-state index contributed by atoms with van der Waals surface area (Å²) >= 11 is 3.39. The van der Waals surface area contributed by atoms with Crippen LogP contribution in [-0.2, 0) is 13.6 Å². The monoisotopic (exact) mass is 401 g/mol. The van der Waals surface area contributed by atoms with Crippen LogP contribution in [-0.4, -0.2) is 33.2 Å². The normalized spacial score (nSPS) is 12.0. The van der Waals surface area contributed by atoms with Crippen molar-refractivity contribution < 1.29 is 9.90 Å². The van der Waals surface area contributed by atoms with Crippen LogP contribution < -0.4 is 5.62 Å². The molecule has 0 bridgehead atoms. The van der Waals surface area contributed by atoms with Gasteiger partial charge in [-0.25, -0.2) is 0 Å². The largest absolute Gasteiger partial charge is 0.396 e. The highest BCUT2D eigenvalue weighted by Crippen LogP contribution is 2.14. The number of benzene rings is 2. The van der Waals surface area contributed by atoms with Crippen molar-refractivity contribution in [1.29, 1.82) is 0 Å². The molecule has 0 aliphatic rings. The molecule has 3 aromatic rings. The third-order valence-corrected chi connectivity index (χ3v) is 4.64. The Labute approximate surface area is 154 Å². The number of carbonyl (C=O) groups excluding carboxylic acids is 1. The molecule has 0 saturated carbocycles. The zero-order chi connectivity index (χ0) is 17.8. The number of ketones is 1. The van der Waals surface area contributed by atoms with Crippen LogP contribution in [0.2, 0.25) is 0 Å². The first-order valence-electron chi connectivity index (χ1n) is 8.16. The van der Waals surface area contributed by atoms with E-state index in [4.69, 9.17) is 5.11 Å². The number of aryl methyl sites for hydroxylation is 1. The Morgan fingerprint density at radius 3 is 2.48 bits per heavy atom. The second kappa shape index (κ2) is 7.80. The molecular formula is C19H20BrN3O2. The van der Waals surface area contributed by atoms with Gasteiger partial charge in [0, 0.05) is 30.2 Å². The Balaban J connectivity index is 2.04. The third kappa shape index (κ3) is 3.75. The van der Waals surface area contributed by atoms with Gasteiger partial charge >= 0.3 is 0 Å². The van der Waals surface area contributed by atoms with Crippen LogP contribution in [0.25, 0.3) is 11.0 Å². The first kappa shape index (κ1) is 17.6. The minimum Gasteiger partial charge on any atom is -0.396 e. The zero-order valence-corrected chi connectivity index (χ0v) is 15.6. The summed E-state index contributed by atoms with van der Waals surface area (Å²) in [6, 6.07) is 15.3. The number of halogens is 1. The average molecular weight is 402 g/mol. The molecule has 1 aromatic heterocycles. The van der Waals surface area contributed by atoms with Crippen molar-refractivity contribution in [3.05, 3.63) is 64.2 Å². The molecule has 5 nitrogen and oxygen atoms in total. The molecule has 3 rings (SSSR count). The average Bonchev–Trinajstić information content (AvgIpc) is 2.88. The highest BCUT2D eigenvalue weighted by atomic mass is 79.9. The van der Waals surface area contributed by atoms with Crippen LogP contribution >= 0.6 is 15.9 Å². The standard InChI is InChI=1S/C19H20BrN3O2/c1-22-16-5-2-3-6-17(16)23(19(22)21-11-4-12-24)13-18(25)14-7-9-15(20)10-8-14/h2-3,5-10,24H,4,11-13H2,1H3/b21-19-. The maximum absolute atomic E-state index is 12.7. The number of nitrogens with zero attached hydrogens (tertiary/aromatic N) is 3. The Bertz CT molecular complexity index is 955. The van der Waals surface area contributed by atoms with Gasteiger partial charge in [-0.3, -0.25) is 9.79 Å². The fraction of sp³-hybridized carbons (Fsp3) is 0.263. The van der Waals surface area contributed by atoms with E-state index >= 15 is 0 Å². The Morgan fingerprint density at radius 1 is 1.12 bits per heavy atom. The fourth-order valence-corrected chi connectivity index (χ4v) is 3.10. The molecule has 0 fully saturated rings. The van der Waals surface area contributed by atoms with Gasteiger partial charge in [0.25, 0.3) is 0 Å². The smallest absolute Gasteiger partial charge is 0.206 e. The first-order valence-corrected chi connectivity index (χ1v) is 8.95. The van der Waals surface area contributed by atoms with Gasteiger partial charge in [-0.2, -0.15) is 0 Å². The molecule has 2 aromatic carbocycles. The Kier molecular flexibility index (Phi) is 5.50. The number of hydrogen-bond acceptors (Lipinski definition) is 3. The van der Waals surface area contributed by atoms with E-state index in [1.54, 1.807) is 0 Å². The Hall–Kier alpha value is -2.18. The molecule has 0 aliphatic heterocycles. The van der Waals surface area contributed by atoms with Crippen LogP contribution in [0.5, 0.6) is 0 Å². The van der Waals surface area contributed by atoms with Gasteiger partial charge in [-0.15, -0.1) is 0 Å². The predicted octanol–water partition coefficient (Wildman–Crippen LogP) is 2.91. The van der Waals surface area contributed by atoms with Crippen molar-refractivity contribution in [3.63, 3.8) is 0 Å². The van der Waals surface area contributed by atoms with Crippen LogP contribution in [0.3, 0.4) is 0 Å². The van der Waals surface area contributed by atoms with Crippen LogP contribution in [0.15, 0.2) is 58.0 Å². The molecular weight excluding hydrogens is 382 g/mol. The molecule has 0 unspecified atom stereocenters. The van der Waals surface area contributed by atoms with Crippen molar-refractivity contribution in [2.45, 2.75) is 13.0 Å². The number of aliphatic hydroxyl groups is 1. The molecule has 0 spiro atoms. The molecule has 0 aliphatic carbocycles. The quantitative estimate of drug-likeness (QED) is 0.509. The minimum absolute atomic E-state index is 0.0347. The highest BCUT2D eigenvalue weighted by Gasteiger charge is 2.13.